The number of carbonyl (C=O) groups is 2. The standard InChI is InChI=1S/C15H13N3O5/c19-14(8-1-2-11-12(5-8)23-7-22-11)18-4-3-9-10(6-18)16-17-13(9)15(20)21/h1-2,5H,3-4,6-7H2,(H,16,17)(H,20,21). The quantitative estimate of drug-likeness (QED) is 0.858. The van der Waals surface area contributed by atoms with Crippen LogP contribution in [0.25, 0.3) is 0 Å². The topological polar surface area (TPSA) is 105 Å². The maximum absolute atomic E-state index is 12.6. The van der Waals surface area contributed by atoms with Crippen LogP contribution in [-0.4, -0.2) is 45.4 Å². The third-order valence-corrected chi connectivity index (χ3v) is 4.04. The third kappa shape index (κ3) is 2.19. The zero-order valence-corrected chi connectivity index (χ0v) is 12.0. The lowest BCUT2D eigenvalue weighted by atomic mass is 10.0. The van der Waals surface area contributed by atoms with Gasteiger partial charge in [-0.15, -0.1) is 0 Å². The Morgan fingerprint density at radius 3 is 2.91 bits per heavy atom. The molecule has 0 radical (unpaired) electrons. The molecule has 8 heteroatoms. The summed E-state index contributed by atoms with van der Waals surface area (Å²) >= 11 is 0. The molecule has 0 unspecified atom stereocenters. The van der Waals surface area contributed by atoms with Crippen molar-refractivity contribution in [2.45, 2.75) is 13.0 Å². The van der Waals surface area contributed by atoms with Crippen LogP contribution in [0.4, 0.5) is 0 Å². The fraction of sp³-hybridized carbons (Fsp3) is 0.267. The fourth-order valence-corrected chi connectivity index (χ4v) is 2.88. The first-order valence-electron chi connectivity index (χ1n) is 7.12. The number of nitrogens with one attached hydrogen (secondary N) is 1. The first-order chi connectivity index (χ1) is 11.1. The van der Waals surface area contributed by atoms with Gasteiger partial charge in [-0.05, 0) is 24.6 Å². The molecule has 0 bridgehead atoms. The van der Waals surface area contributed by atoms with Crippen LogP contribution < -0.4 is 9.47 Å². The molecule has 2 aromatic rings. The van der Waals surface area contributed by atoms with Crippen molar-refractivity contribution in [2.75, 3.05) is 13.3 Å². The monoisotopic (exact) mass is 315 g/mol. The number of aromatic carboxylic acids is 1. The zero-order chi connectivity index (χ0) is 16.0. The van der Waals surface area contributed by atoms with E-state index < -0.39 is 5.97 Å². The van der Waals surface area contributed by atoms with Crippen LogP contribution in [-0.2, 0) is 13.0 Å². The summed E-state index contributed by atoms with van der Waals surface area (Å²) in [6.07, 6.45) is 0.462. The second kappa shape index (κ2) is 5.01. The highest BCUT2D eigenvalue weighted by Gasteiger charge is 2.28. The van der Waals surface area contributed by atoms with Gasteiger partial charge < -0.3 is 19.5 Å². The molecule has 3 heterocycles. The first-order valence-corrected chi connectivity index (χ1v) is 7.12. The van der Waals surface area contributed by atoms with Crippen molar-refractivity contribution in [3.8, 4) is 11.5 Å². The van der Waals surface area contributed by atoms with Crippen LogP contribution in [0.3, 0.4) is 0 Å². The number of carboxylic acid groups (broad SMARTS) is 1. The van der Waals surface area contributed by atoms with E-state index in [2.05, 4.69) is 10.2 Å². The highest BCUT2D eigenvalue weighted by atomic mass is 16.7. The largest absolute Gasteiger partial charge is 0.476 e. The van der Waals surface area contributed by atoms with Gasteiger partial charge in [-0.3, -0.25) is 9.89 Å². The maximum atomic E-state index is 12.6. The number of H-pyrrole nitrogens is 1. The SMILES string of the molecule is O=C(O)c1n[nH]c2c1CCN(C(=O)c1ccc3c(c1)OCO3)C2. The molecule has 2 N–H and O–H groups in total. The number of fused-ring (bicyclic) bond motifs is 2. The lowest BCUT2D eigenvalue weighted by molar-refractivity contribution is 0.0689. The van der Waals surface area contributed by atoms with E-state index >= 15 is 0 Å². The summed E-state index contributed by atoms with van der Waals surface area (Å²) in [5, 5.41) is 15.6. The van der Waals surface area contributed by atoms with Gasteiger partial charge >= 0.3 is 5.97 Å². The Kier molecular flexibility index (Phi) is 2.97. The highest BCUT2D eigenvalue weighted by Crippen LogP contribution is 2.33. The molecule has 0 saturated carbocycles. The Labute approximate surface area is 130 Å². The molecule has 0 spiro atoms. The molecule has 0 saturated heterocycles. The molecule has 0 aliphatic carbocycles. The van der Waals surface area contributed by atoms with Crippen LogP contribution in [0.1, 0.15) is 32.1 Å². The number of amides is 1. The van der Waals surface area contributed by atoms with E-state index in [9.17, 15) is 9.59 Å². The van der Waals surface area contributed by atoms with E-state index in [1.165, 1.54) is 0 Å². The summed E-state index contributed by atoms with van der Waals surface area (Å²) in [5.74, 6) is -0.0103. The van der Waals surface area contributed by atoms with Gasteiger partial charge in [0.25, 0.3) is 5.91 Å². The molecule has 1 aromatic carbocycles. The van der Waals surface area contributed by atoms with Gasteiger partial charge in [-0.2, -0.15) is 5.10 Å². The van der Waals surface area contributed by atoms with Gasteiger partial charge in [0.2, 0.25) is 6.79 Å². The molecule has 23 heavy (non-hydrogen) atoms. The minimum Gasteiger partial charge on any atom is -0.476 e. The van der Waals surface area contributed by atoms with Crippen LogP contribution in [0, 0.1) is 0 Å². The molecule has 2 aliphatic rings. The van der Waals surface area contributed by atoms with E-state index in [0.717, 1.165) is 0 Å². The van der Waals surface area contributed by atoms with Crippen LogP contribution in [0.2, 0.25) is 0 Å². The van der Waals surface area contributed by atoms with Gasteiger partial charge in [-0.1, -0.05) is 0 Å². The Hall–Kier alpha value is -3.03. The number of hydrogen-bond acceptors (Lipinski definition) is 5. The normalized spacial score (nSPS) is 15.4. The van der Waals surface area contributed by atoms with E-state index in [1.807, 2.05) is 0 Å². The summed E-state index contributed by atoms with van der Waals surface area (Å²) in [6, 6.07) is 5.07. The van der Waals surface area contributed by atoms with Crippen molar-refractivity contribution in [3.63, 3.8) is 0 Å². The lowest BCUT2D eigenvalue weighted by Gasteiger charge is -2.26. The zero-order valence-electron chi connectivity index (χ0n) is 12.0. The van der Waals surface area contributed by atoms with Crippen molar-refractivity contribution in [1.29, 1.82) is 0 Å². The summed E-state index contributed by atoms with van der Waals surface area (Å²) in [4.78, 5) is 25.4. The number of aromatic amines is 1. The molecule has 1 amide bonds. The minimum atomic E-state index is -1.06. The Bertz CT molecular complexity index is 813. The van der Waals surface area contributed by atoms with Gasteiger partial charge in [0.15, 0.2) is 17.2 Å². The molecular weight excluding hydrogens is 302 g/mol. The predicted molar refractivity (Wildman–Crippen MR) is 76.6 cm³/mol. The van der Waals surface area contributed by atoms with Crippen molar-refractivity contribution in [3.05, 3.63) is 40.7 Å². The lowest BCUT2D eigenvalue weighted by Crippen LogP contribution is -2.36. The van der Waals surface area contributed by atoms with Crippen LogP contribution in [0.15, 0.2) is 18.2 Å². The molecular formula is C15H13N3O5. The number of rotatable bonds is 2. The summed E-state index contributed by atoms with van der Waals surface area (Å²) < 4.78 is 10.5. The van der Waals surface area contributed by atoms with E-state index in [4.69, 9.17) is 14.6 Å². The number of carbonyl (C=O) groups excluding carboxylic acids is 1. The summed E-state index contributed by atoms with van der Waals surface area (Å²) in [6.45, 7) is 0.912. The first kappa shape index (κ1) is 13.6. The van der Waals surface area contributed by atoms with Crippen molar-refractivity contribution in [1.82, 2.24) is 15.1 Å². The molecule has 0 atom stereocenters. The Morgan fingerprint density at radius 2 is 2.09 bits per heavy atom. The number of benzene rings is 1. The predicted octanol–water partition coefficient (Wildman–Crippen LogP) is 1.04. The van der Waals surface area contributed by atoms with E-state index in [-0.39, 0.29) is 18.4 Å². The Morgan fingerprint density at radius 1 is 1.26 bits per heavy atom. The number of ether oxygens (including phenoxy) is 2. The highest BCUT2D eigenvalue weighted by molar-refractivity contribution is 5.95. The molecule has 8 nitrogen and oxygen atoms in total. The molecule has 0 fully saturated rings. The number of nitrogens with zero attached hydrogens (tertiary/aromatic N) is 2. The van der Waals surface area contributed by atoms with Crippen molar-refractivity contribution in [2.24, 2.45) is 0 Å². The number of hydrogen-bond donors (Lipinski definition) is 2. The smallest absolute Gasteiger partial charge is 0.356 e. The second-order valence-electron chi connectivity index (χ2n) is 5.38. The number of aromatic nitrogens is 2. The van der Waals surface area contributed by atoms with Crippen molar-refractivity contribution >= 4 is 11.9 Å². The minimum absolute atomic E-state index is 0.0372. The van der Waals surface area contributed by atoms with Crippen LogP contribution in [0.5, 0.6) is 11.5 Å². The van der Waals surface area contributed by atoms with Gasteiger partial charge in [0, 0.05) is 17.7 Å². The summed E-state index contributed by atoms with van der Waals surface area (Å²) in [7, 11) is 0. The molecule has 4 rings (SSSR count). The van der Waals surface area contributed by atoms with E-state index in [1.54, 1.807) is 23.1 Å². The van der Waals surface area contributed by atoms with E-state index in [0.29, 0.717) is 47.8 Å². The fourth-order valence-electron chi connectivity index (χ4n) is 2.88. The maximum Gasteiger partial charge on any atom is 0.356 e. The molecule has 2 aliphatic heterocycles. The molecule has 118 valence electrons. The summed E-state index contributed by atoms with van der Waals surface area (Å²) in [5.41, 5.74) is 1.89. The Balaban J connectivity index is 1.57. The van der Waals surface area contributed by atoms with Gasteiger partial charge in [-0.25, -0.2) is 4.79 Å². The molecule has 1 aromatic heterocycles. The van der Waals surface area contributed by atoms with Gasteiger partial charge in [0.05, 0.1) is 12.2 Å². The average Bonchev–Trinajstić information content (AvgIpc) is 3.19. The second-order valence-corrected chi connectivity index (χ2v) is 5.38. The average molecular weight is 315 g/mol. The van der Waals surface area contributed by atoms with Crippen molar-refractivity contribution < 1.29 is 24.2 Å². The van der Waals surface area contributed by atoms with Gasteiger partial charge in [0.1, 0.15) is 0 Å². The van der Waals surface area contributed by atoms with Crippen LogP contribution >= 0.6 is 0 Å². The number of carboxylic acids is 1. The third-order valence-electron chi connectivity index (χ3n) is 4.04.